The summed E-state index contributed by atoms with van der Waals surface area (Å²) in [5.74, 6) is 1.95. The minimum Gasteiger partial charge on any atom is -0.339 e. The third-order valence-electron chi connectivity index (χ3n) is 3.69. The average Bonchev–Trinajstić information content (AvgIpc) is 3.00. The van der Waals surface area contributed by atoms with Gasteiger partial charge in [-0.25, -0.2) is 0 Å². The summed E-state index contributed by atoms with van der Waals surface area (Å²) in [6.45, 7) is 7.48. The van der Waals surface area contributed by atoms with Crippen LogP contribution in [0.15, 0.2) is 4.52 Å². The first kappa shape index (κ1) is 13.5. The van der Waals surface area contributed by atoms with Crippen molar-refractivity contribution in [2.45, 2.75) is 45.6 Å². The zero-order chi connectivity index (χ0) is 13.0. The predicted octanol–water partition coefficient (Wildman–Crippen LogP) is 1.75. The van der Waals surface area contributed by atoms with Crippen LogP contribution >= 0.6 is 0 Å². The van der Waals surface area contributed by atoms with E-state index >= 15 is 0 Å². The molecule has 2 rings (SSSR count). The van der Waals surface area contributed by atoms with Gasteiger partial charge in [0.15, 0.2) is 5.82 Å². The van der Waals surface area contributed by atoms with Crippen molar-refractivity contribution in [3.8, 4) is 0 Å². The number of aromatic nitrogens is 2. The fraction of sp³-hybridized carbons (Fsp3) is 0.846. The van der Waals surface area contributed by atoms with Crippen molar-refractivity contribution in [1.29, 1.82) is 0 Å². The van der Waals surface area contributed by atoms with Gasteiger partial charge in [0, 0.05) is 13.0 Å². The zero-order valence-corrected chi connectivity index (χ0v) is 11.4. The number of likely N-dealkylation sites (tertiary alicyclic amines) is 1. The van der Waals surface area contributed by atoms with E-state index in [0.29, 0.717) is 11.7 Å². The molecule has 0 spiro atoms. The summed E-state index contributed by atoms with van der Waals surface area (Å²) in [6.07, 6.45) is 4.52. The maximum Gasteiger partial charge on any atom is 0.226 e. The highest BCUT2D eigenvalue weighted by molar-refractivity contribution is 4.95. The summed E-state index contributed by atoms with van der Waals surface area (Å²) in [7, 11) is 0. The minimum absolute atomic E-state index is 0.127. The summed E-state index contributed by atoms with van der Waals surface area (Å²) >= 11 is 0. The van der Waals surface area contributed by atoms with Gasteiger partial charge in [-0.15, -0.1) is 0 Å². The van der Waals surface area contributed by atoms with Crippen LogP contribution in [-0.4, -0.2) is 34.7 Å². The Labute approximate surface area is 109 Å². The molecule has 0 amide bonds. The molecule has 1 aliphatic heterocycles. The Morgan fingerprint density at radius 2 is 2.11 bits per heavy atom. The molecule has 1 aromatic rings. The smallest absolute Gasteiger partial charge is 0.226 e. The number of nitrogens with zero attached hydrogens (tertiary/aromatic N) is 3. The highest BCUT2D eigenvalue weighted by Gasteiger charge is 2.20. The Kier molecular flexibility index (Phi) is 4.72. The lowest BCUT2D eigenvalue weighted by atomic mass is 10.1. The van der Waals surface area contributed by atoms with Gasteiger partial charge in [-0.3, -0.25) is 0 Å². The monoisotopic (exact) mass is 252 g/mol. The Balaban J connectivity index is 1.87. The molecule has 5 nitrogen and oxygen atoms in total. The lowest BCUT2D eigenvalue weighted by molar-refractivity contribution is 0.304. The molecule has 0 bridgehead atoms. The van der Waals surface area contributed by atoms with Crippen LogP contribution in [0, 0.1) is 5.92 Å². The van der Waals surface area contributed by atoms with Crippen molar-refractivity contribution in [2.24, 2.45) is 11.7 Å². The summed E-state index contributed by atoms with van der Waals surface area (Å²) in [6, 6.07) is -0.127. The molecule has 0 aromatic carbocycles. The van der Waals surface area contributed by atoms with E-state index in [1.54, 1.807) is 0 Å². The SMILES string of the molecule is CCC(C)Cc1nc(C(N)CN2CCCC2)no1. The van der Waals surface area contributed by atoms with Gasteiger partial charge in [0.05, 0.1) is 6.04 Å². The van der Waals surface area contributed by atoms with Gasteiger partial charge in [-0.05, 0) is 31.8 Å². The average molecular weight is 252 g/mol. The van der Waals surface area contributed by atoms with E-state index in [4.69, 9.17) is 10.3 Å². The molecule has 5 heteroatoms. The molecule has 0 saturated carbocycles. The topological polar surface area (TPSA) is 68.2 Å². The van der Waals surface area contributed by atoms with Crippen LogP contribution in [0.4, 0.5) is 0 Å². The van der Waals surface area contributed by atoms with Gasteiger partial charge < -0.3 is 15.2 Å². The number of hydrogen-bond acceptors (Lipinski definition) is 5. The quantitative estimate of drug-likeness (QED) is 0.835. The lowest BCUT2D eigenvalue weighted by Crippen LogP contribution is -2.30. The van der Waals surface area contributed by atoms with Crippen molar-refractivity contribution in [3.63, 3.8) is 0 Å². The first-order valence-corrected chi connectivity index (χ1v) is 6.99. The Bertz CT molecular complexity index is 360. The van der Waals surface area contributed by atoms with E-state index in [9.17, 15) is 0 Å². The molecular formula is C13H24N4O. The standard InChI is InChI=1S/C13H24N4O/c1-3-10(2)8-12-15-13(16-18-12)11(14)9-17-6-4-5-7-17/h10-11H,3-9,14H2,1-2H3. The molecule has 2 unspecified atom stereocenters. The summed E-state index contributed by atoms with van der Waals surface area (Å²) in [5, 5.41) is 4.01. The van der Waals surface area contributed by atoms with Crippen molar-refractivity contribution in [3.05, 3.63) is 11.7 Å². The van der Waals surface area contributed by atoms with Crippen molar-refractivity contribution >= 4 is 0 Å². The number of hydrogen-bond donors (Lipinski definition) is 1. The normalized spacial score (nSPS) is 20.2. The molecule has 18 heavy (non-hydrogen) atoms. The molecule has 102 valence electrons. The molecule has 2 atom stereocenters. The first-order valence-electron chi connectivity index (χ1n) is 6.99. The van der Waals surface area contributed by atoms with Gasteiger partial charge >= 0.3 is 0 Å². The second-order valence-electron chi connectivity index (χ2n) is 5.38. The largest absolute Gasteiger partial charge is 0.339 e. The highest BCUT2D eigenvalue weighted by atomic mass is 16.5. The van der Waals surface area contributed by atoms with Gasteiger partial charge in [0.25, 0.3) is 0 Å². The van der Waals surface area contributed by atoms with Crippen LogP contribution in [0.25, 0.3) is 0 Å². The first-order chi connectivity index (χ1) is 8.69. The fourth-order valence-corrected chi connectivity index (χ4v) is 2.27. The second-order valence-corrected chi connectivity index (χ2v) is 5.38. The van der Waals surface area contributed by atoms with Gasteiger partial charge in [-0.1, -0.05) is 25.4 Å². The lowest BCUT2D eigenvalue weighted by Gasteiger charge is -2.17. The second kappa shape index (κ2) is 6.29. The van der Waals surface area contributed by atoms with E-state index in [-0.39, 0.29) is 6.04 Å². The fourth-order valence-electron chi connectivity index (χ4n) is 2.27. The van der Waals surface area contributed by atoms with E-state index < -0.39 is 0 Å². The van der Waals surface area contributed by atoms with Crippen molar-refractivity contribution in [2.75, 3.05) is 19.6 Å². The molecule has 1 fully saturated rings. The molecule has 1 aromatic heterocycles. The van der Waals surface area contributed by atoms with Crippen LogP contribution in [0.5, 0.6) is 0 Å². The maximum absolute atomic E-state index is 6.12. The summed E-state index contributed by atoms with van der Waals surface area (Å²) < 4.78 is 5.26. The van der Waals surface area contributed by atoms with Gasteiger partial charge in [0.1, 0.15) is 0 Å². The van der Waals surface area contributed by atoms with Crippen LogP contribution in [-0.2, 0) is 6.42 Å². The van der Waals surface area contributed by atoms with Crippen LogP contribution in [0.2, 0.25) is 0 Å². The summed E-state index contributed by atoms with van der Waals surface area (Å²) in [4.78, 5) is 6.78. The Morgan fingerprint density at radius 3 is 2.78 bits per heavy atom. The Morgan fingerprint density at radius 1 is 1.39 bits per heavy atom. The van der Waals surface area contributed by atoms with E-state index in [1.165, 1.54) is 12.8 Å². The molecule has 0 aliphatic carbocycles. The van der Waals surface area contributed by atoms with Crippen molar-refractivity contribution in [1.82, 2.24) is 15.0 Å². The van der Waals surface area contributed by atoms with Crippen LogP contribution in [0.3, 0.4) is 0 Å². The molecule has 1 aliphatic rings. The van der Waals surface area contributed by atoms with Crippen molar-refractivity contribution < 1.29 is 4.52 Å². The molecule has 2 N–H and O–H groups in total. The minimum atomic E-state index is -0.127. The Hall–Kier alpha value is -0.940. The molecule has 2 heterocycles. The predicted molar refractivity (Wildman–Crippen MR) is 70.1 cm³/mol. The van der Waals surface area contributed by atoms with Crippen LogP contribution < -0.4 is 5.73 Å². The van der Waals surface area contributed by atoms with Gasteiger partial charge in [-0.2, -0.15) is 4.98 Å². The molecule has 1 saturated heterocycles. The third-order valence-corrected chi connectivity index (χ3v) is 3.69. The van der Waals surface area contributed by atoms with E-state index in [2.05, 4.69) is 28.9 Å². The molecule has 0 radical (unpaired) electrons. The zero-order valence-electron chi connectivity index (χ0n) is 11.4. The third kappa shape index (κ3) is 3.53. The summed E-state index contributed by atoms with van der Waals surface area (Å²) in [5.41, 5.74) is 6.12. The van der Waals surface area contributed by atoms with Gasteiger partial charge in [0.2, 0.25) is 5.89 Å². The van der Waals surface area contributed by atoms with E-state index in [1.807, 2.05) is 0 Å². The highest BCUT2D eigenvalue weighted by Crippen LogP contribution is 2.15. The maximum atomic E-state index is 6.12. The van der Waals surface area contributed by atoms with Crippen LogP contribution in [0.1, 0.15) is 50.9 Å². The number of nitrogens with two attached hydrogens (primary N) is 1. The number of rotatable bonds is 6. The molecular weight excluding hydrogens is 228 g/mol. The van der Waals surface area contributed by atoms with E-state index in [0.717, 1.165) is 38.4 Å².